The first kappa shape index (κ1) is 18.7. The molecule has 2 aliphatic rings. The van der Waals surface area contributed by atoms with Gasteiger partial charge in [-0.3, -0.25) is 4.79 Å². The number of rotatable bonds is 9. The Balaban J connectivity index is 1.71. The largest absolute Gasteiger partial charge is 0.345 e. The minimum atomic E-state index is -0.00773. The molecule has 0 aliphatic heterocycles. The van der Waals surface area contributed by atoms with Crippen LogP contribution in [0.1, 0.15) is 60.3 Å². The van der Waals surface area contributed by atoms with Crippen LogP contribution in [-0.4, -0.2) is 44.2 Å². The molecule has 134 valence electrons. The summed E-state index contributed by atoms with van der Waals surface area (Å²) in [6.07, 6.45) is 5.14. The fourth-order valence-electron chi connectivity index (χ4n) is 5.05. The van der Waals surface area contributed by atoms with Crippen molar-refractivity contribution in [3.05, 3.63) is 0 Å². The Morgan fingerprint density at radius 2 is 1.83 bits per heavy atom. The Kier molecular flexibility index (Phi) is 6.12. The number of fused-ring (bicyclic) bond motifs is 2. The van der Waals surface area contributed by atoms with E-state index < -0.39 is 0 Å². The third-order valence-corrected chi connectivity index (χ3v) is 7.28. The summed E-state index contributed by atoms with van der Waals surface area (Å²) in [5.74, 6) is 1.69. The van der Waals surface area contributed by atoms with Crippen LogP contribution in [0.15, 0.2) is 0 Å². The van der Waals surface area contributed by atoms with Gasteiger partial charge in [0.2, 0.25) is 0 Å². The summed E-state index contributed by atoms with van der Waals surface area (Å²) < 4.78 is 0. The number of carbonyl (C=O) groups excluding carboxylic acids is 1. The highest BCUT2D eigenvalue weighted by molar-refractivity contribution is 5.77. The Morgan fingerprint density at radius 1 is 1.17 bits per heavy atom. The molecule has 2 fully saturated rings. The van der Waals surface area contributed by atoms with Crippen molar-refractivity contribution in [2.75, 3.05) is 32.7 Å². The highest BCUT2D eigenvalue weighted by Gasteiger charge is 2.60. The van der Waals surface area contributed by atoms with Crippen molar-refractivity contribution in [3.63, 3.8) is 0 Å². The second kappa shape index (κ2) is 7.52. The number of nitrogens with one attached hydrogen (secondary N) is 2. The van der Waals surface area contributed by atoms with Crippen molar-refractivity contribution >= 4 is 5.91 Å². The predicted molar refractivity (Wildman–Crippen MR) is 94.3 cm³/mol. The van der Waals surface area contributed by atoms with E-state index in [1.54, 1.807) is 4.90 Å². The molecule has 2 bridgehead atoms. The van der Waals surface area contributed by atoms with E-state index in [2.05, 4.69) is 45.3 Å². The average molecular weight is 326 g/mol. The first-order valence-corrected chi connectivity index (χ1v) is 9.81. The van der Waals surface area contributed by atoms with Gasteiger partial charge >= 0.3 is 0 Å². The van der Waals surface area contributed by atoms with Gasteiger partial charge in [-0.05, 0) is 57.3 Å². The zero-order valence-electron chi connectivity index (χ0n) is 16.0. The van der Waals surface area contributed by atoms with E-state index in [4.69, 9.17) is 0 Å². The average Bonchev–Trinajstić information content (AvgIpc) is 3.06. The fourth-order valence-corrected chi connectivity index (χ4v) is 5.05. The second-order valence-corrected chi connectivity index (χ2v) is 8.52. The topological polar surface area (TPSA) is 50.2 Å². The van der Waals surface area contributed by atoms with Crippen LogP contribution in [0.4, 0.5) is 0 Å². The van der Waals surface area contributed by atoms with E-state index >= 15 is 0 Å². The summed E-state index contributed by atoms with van der Waals surface area (Å²) in [6, 6.07) is 0. The molecular formula is C19H39N3O+2. The molecule has 0 radical (unpaired) electrons. The van der Waals surface area contributed by atoms with Crippen LogP contribution in [0.3, 0.4) is 0 Å². The minimum absolute atomic E-state index is 0.00773. The maximum absolute atomic E-state index is 12.4. The lowest BCUT2D eigenvalue weighted by atomic mass is 9.64. The van der Waals surface area contributed by atoms with Crippen molar-refractivity contribution in [2.24, 2.45) is 17.3 Å². The van der Waals surface area contributed by atoms with Crippen LogP contribution < -0.4 is 15.5 Å². The lowest BCUT2D eigenvalue weighted by Gasteiger charge is -2.48. The zero-order valence-corrected chi connectivity index (χ0v) is 16.0. The number of quaternary nitrogens is 2. The minimum Gasteiger partial charge on any atom is -0.345 e. The van der Waals surface area contributed by atoms with Crippen LogP contribution in [0.5, 0.6) is 0 Å². The molecule has 4 heteroatoms. The number of amides is 1. The molecule has 2 rings (SSSR count). The van der Waals surface area contributed by atoms with Crippen molar-refractivity contribution in [3.8, 4) is 0 Å². The molecular weight excluding hydrogens is 286 g/mol. The van der Waals surface area contributed by atoms with Crippen LogP contribution in [0.2, 0.25) is 0 Å². The molecule has 4 nitrogen and oxygen atoms in total. The van der Waals surface area contributed by atoms with E-state index in [1.807, 2.05) is 0 Å². The van der Waals surface area contributed by atoms with Crippen molar-refractivity contribution in [2.45, 2.75) is 65.8 Å². The maximum atomic E-state index is 12.4. The molecule has 0 aromatic heterocycles. The molecule has 4 N–H and O–H groups in total. The molecule has 1 amide bonds. The second-order valence-electron chi connectivity index (χ2n) is 8.52. The van der Waals surface area contributed by atoms with Crippen LogP contribution in [0.25, 0.3) is 0 Å². The molecule has 0 unspecified atom stereocenters. The van der Waals surface area contributed by atoms with Gasteiger partial charge in [0.05, 0.1) is 26.2 Å². The Morgan fingerprint density at radius 3 is 2.39 bits per heavy atom. The van der Waals surface area contributed by atoms with E-state index in [0.29, 0.717) is 12.5 Å². The molecule has 0 heterocycles. The summed E-state index contributed by atoms with van der Waals surface area (Å²) >= 11 is 0. The van der Waals surface area contributed by atoms with E-state index in [0.717, 1.165) is 12.5 Å². The summed E-state index contributed by atoms with van der Waals surface area (Å²) in [7, 11) is 0. The summed E-state index contributed by atoms with van der Waals surface area (Å²) in [6.45, 7) is 16.8. The number of carbonyl (C=O) groups is 1. The van der Waals surface area contributed by atoms with E-state index in [1.165, 1.54) is 45.3 Å². The van der Waals surface area contributed by atoms with E-state index in [9.17, 15) is 4.79 Å². The predicted octanol–water partition coefficient (Wildman–Crippen LogP) is 0.196. The molecule has 2 saturated carbocycles. The highest BCUT2D eigenvalue weighted by atomic mass is 16.2. The summed E-state index contributed by atoms with van der Waals surface area (Å²) in [5.41, 5.74) is 0.226. The van der Waals surface area contributed by atoms with Gasteiger partial charge in [0, 0.05) is 12.0 Å². The van der Waals surface area contributed by atoms with Gasteiger partial charge in [-0.15, -0.1) is 0 Å². The molecule has 0 saturated heterocycles. The fraction of sp³-hybridized carbons (Fsp3) is 0.947. The van der Waals surface area contributed by atoms with Gasteiger partial charge in [0.1, 0.15) is 0 Å². The van der Waals surface area contributed by atoms with Gasteiger partial charge < -0.3 is 15.5 Å². The summed E-state index contributed by atoms with van der Waals surface area (Å²) in [5, 5.41) is 5.61. The number of hydrogen-bond donors (Lipinski definition) is 3. The summed E-state index contributed by atoms with van der Waals surface area (Å²) in [4.78, 5) is 14.1. The van der Waals surface area contributed by atoms with Crippen LogP contribution in [-0.2, 0) is 4.79 Å². The normalized spacial score (nSPS) is 31.7. The van der Waals surface area contributed by atoms with Crippen LogP contribution in [0, 0.1) is 17.3 Å². The Hall–Kier alpha value is -0.610. The number of nitrogens with two attached hydrogens (primary N) is 1. The monoisotopic (exact) mass is 325 g/mol. The van der Waals surface area contributed by atoms with Crippen molar-refractivity contribution < 1.29 is 15.0 Å². The molecule has 2 aliphatic carbocycles. The van der Waals surface area contributed by atoms with Crippen molar-refractivity contribution in [1.29, 1.82) is 0 Å². The van der Waals surface area contributed by atoms with Crippen molar-refractivity contribution in [1.82, 2.24) is 5.32 Å². The molecule has 3 atom stereocenters. The van der Waals surface area contributed by atoms with E-state index in [-0.39, 0.29) is 16.9 Å². The lowest BCUT2D eigenvalue weighted by molar-refractivity contribution is -0.898. The molecule has 23 heavy (non-hydrogen) atoms. The third-order valence-electron chi connectivity index (χ3n) is 7.28. The van der Waals surface area contributed by atoms with Gasteiger partial charge in [0.25, 0.3) is 5.91 Å². The quantitative estimate of drug-likeness (QED) is 0.521. The van der Waals surface area contributed by atoms with Crippen LogP contribution >= 0.6 is 0 Å². The van der Waals surface area contributed by atoms with Gasteiger partial charge in [-0.1, -0.05) is 13.8 Å². The zero-order chi connectivity index (χ0) is 17.1. The van der Waals surface area contributed by atoms with Gasteiger partial charge in [0.15, 0.2) is 6.54 Å². The smallest absolute Gasteiger partial charge is 0.275 e. The van der Waals surface area contributed by atoms with Gasteiger partial charge in [-0.2, -0.15) is 0 Å². The first-order valence-electron chi connectivity index (χ1n) is 9.81. The first-order chi connectivity index (χ1) is 10.8. The Labute approximate surface area is 142 Å². The number of hydrogen-bond acceptors (Lipinski definition) is 1. The highest BCUT2D eigenvalue weighted by Crippen LogP contribution is 2.61. The SMILES string of the molecule is CC[NH+](CC)CCC[NH2+]CC(=O)N[C@]1(C)[C@@H]2CC[C@@H](C2)C1(C)C. The lowest BCUT2D eigenvalue weighted by Crippen LogP contribution is -3.11. The maximum Gasteiger partial charge on any atom is 0.275 e. The molecule has 0 aromatic rings. The van der Waals surface area contributed by atoms with Gasteiger partial charge in [-0.25, -0.2) is 0 Å². The Bertz CT molecular complexity index is 405. The molecule has 0 spiro atoms. The molecule has 0 aromatic carbocycles. The standard InChI is InChI=1S/C19H37N3O/c1-6-22(7-2)12-8-11-20-14-17(23)21-19(5)16-10-9-15(13-16)18(19,3)4/h15-16,20H,6-14H2,1-5H3,(H,21,23)/p+2/t15-,16+,19+/m0/s1. The third kappa shape index (κ3) is 3.74.